The molecular formula is C16H24O4. The zero-order chi connectivity index (χ0) is 15.3. The fourth-order valence-corrected chi connectivity index (χ4v) is 2.08. The number of aryl methyl sites for hydroxylation is 2. The van der Waals surface area contributed by atoms with Gasteiger partial charge in [-0.05, 0) is 49.9 Å². The Kier molecular flexibility index (Phi) is 5.43. The normalized spacial score (nSPS) is 11.4. The molecule has 0 heterocycles. The van der Waals surface area contributed by atoms with Gasteiger partial charge in [0, 0.05) is 0 Å². The summed E-state index contributed by atoms with van der Waals surface area (Å²) in [5, 5.41) is 19.0. The summed E-state index contributed by atoms with van der Waals surface area (Å²) in [5.41, 5.74) is 0.442. The highest BCUT2D eigenvalue weighted by atomic mass is 16.5. The number of aliphatic carboxylic acids is 1. The van der Waals surface area contributed by atoms with E-state index in [1.54, 1.807) is 12.1 Å². The maximum absolute atomic E-state index is 11.3. The van der Waals surface area contributed by atoms with Crippen LogP contribution >= 0.6 is 0 Å². The van der Waals surface area contributed by atoms with Gasteiger partial charge in [0.25, 0.3) is 0 Å². The number of benzene rings is 1. The number of hydrogen-bond acceptors (Lipinski definition) is 3. The third-order valence-corrected chi connectivity index (χ3v) is 3.14. The molecule has 2 N–H and O–H groups in total. The van der Waals surface area contributed by atoms with E-state index in [-0.39, 0.29) is 5.75 Å². The van der Waals surface area contributed by atoms with E-state index in [9.17, 15) is 15.0 Å². The minimum absolute atomic E-state index is 0.206. The number of hydrogen-bond donors (Lipinski definition) is 2. The van der Waals surface area contributed by atoms with Crippen LogP contribution in [0, 0.1) is 0 Å². The van der Waals surface area contributed by atoms with Crippen LogP contribution in [0.25, 0.3) is 0 Å². The van der Waals surface area contributed by atoms with E-state index < -0.39 is 11.6 Å². The molecule has 0 aromatic heterocycles. The van der Waals surface area contributed by atoms with Crippen molar-refractivity contribution in [2.45, 2.75) is 59.0 Å². The van der Waals surface area contributed by atoms with E-state index in [4.69, 9.17) is 4.74 Å². The lowest BCUT2D eigenvalue weighted by atomic mass is 10.00. The molecule has 0 aliphatic heterocycles. The van der Waals surface area contributed by atoms with Crippen LogP contribution in [0.15, 0.2) is 12.1 Å². The van der Waals surface area contributed by atoms with Crippen molar-refractivity contribution < 1.29 is 19.7 Å². The van der Waals surface area contributed by atoms with Crippen LogP contribution in [0.5, 0.6) is 11.5 Å². The van der Waals surface area contributed by atoms with Gasteiger partial charge in [-0.3, -0.25) is 0 Å². The Morgan fingerprint density at radius 2 is 1.60 bits per heavy atom. The summed E-state index contributed by atoms with van der Waals surface area (Å²) in [5.74, 6) is -0.188. The van der Waals surface area contributed by atoms with E-state index >= 15 is 0 Å². The minimum Gasteiger partial charge on any atom is -0.508 e. The highest BCUT2D eigenvalue weighted by Gasteiger charge is 2.31. The standard InChI is InChI=1S/C16H24O4/c1-5-7-11-9-13(17)10-12(8-6-2)14(11)20-16(3,4)15(18)19/h9-10,17H,5-8H2,1-4H3,(H,18,19). The van der Waals surface area contributed by atoms with Crippen molar-refractivity contribution in [2.24, 2.45) is 0 Å². The Morgan fingerprint density at radius 3 is 1.95 bits per heavy atom. The summed E-state index contributed by atoms with van der Waals surface area (Å²) >= 11 is 0. The molecule has 0 aliphatic rings. The molecule has 0 amide bonds. The Balaban J connectivity index is 3.28. The molecule has 0 spiro atoms. The predicted octanol–water partition coefficient (Wildman–Crippen LogP) is 3.54. The molecule has 1 aromatic carbocycles. The van der Waals surface area contributed by atoms with Crippen LogP contribution in [0.3, 0.4) is 0 Å². The van der Waals surface area contributed by atoms with E-state index in [2.05, 4.69) is 0 Å². The van der Waals surface area contributed by atoms with E-state index in [0.29, 0.717) is 5.75 Å². The number of aromatic hydroxyl groups is 1. The number of phenols is 1. The third-order valence-electron chi connectivity index (χ3n) is 3.14. The van der Waals surface area contributed by atoms with Crippen LogP contribution in [0.2, 0.25) is 0 Å². The molecule has 4 heteroatoms. The first-order valence-corrected chi connectivity index (χ1v) is 7.09. The molecule has 4 nitrogen and oxygen atoms in total. The van der Waals surface area contributed by atoms with E-state index in [1.165, 1.54) is 13.8 Å². The molecule has 1 aromatic rings. The first-order chi connectivity index (χ1) is 9.31. The highest BCUT2D eigenvalue weighted by molar-refractivity contribution is 5.77. The second kappa shape index (κ2) is 6.64. The topological polar surface area (TPSA) is 66.8 Å². The van der Waals surface area contributed by atoms with Crippen molar-refractivity contribution >= 4 is 5.97 Å². The monoisotopic (exact) mass is 280 g/mol. The van der Waals surface area contributed by atoms with E-state index in [0.717, 1.165) is 36.8 Å². The van der Waals surface area contributed by atoms with Crippen molar-refractivity contribution in [2.75, 3.05) is 0 Å². The quantitative estimate of drug-likeness (QED) is 0.801. The number of rotatable bonds is 7. The molecule has 112 valence electrons. The number of carboxylic acids is 1. The molecule has 0 saturated carbocycles. The van der Waals surface area contributed by atoms with Crippen LogP contribution in [0.1, 0.15) is 51.7 Å². The summed E-state index contributed by atoms with van der Waals surface area (Å²) in [7, 11) is 0. The fourth-order valence-electron chi connectivity index (χ4n) is 2.08. The second-order valence-corrected chi connectivity index (χ2v) is 5.51. The summed E-state index contributed by atoms with van der Waals surface area (Å²) in [6.07, 6.45) is 3.30. The van der Waals surface area contributed by atoms with Gasteiger partial charge in [0.05, 0.1) is 0 Å². The molecule has 0 atom stereocenters. The largest absolute Gasteiger partial charge is 0.508 e. The highest BCUT2D eigenvalue weighted by Crippen LogP contribution is 2.33. The minimum atomic E-state index is -1.29. The number of carboxylic acid groups (broad SMARTS) is 1. The summed E-state index contributed by atoms with van der Waals surface area (Å²) in [6, 6.07) is 3.33. The smallest absolute Gasteiger partial charge is 0.347 e. The number of phenolic OH excluding ortho intramolecular Hbond substituents is 1. The first-order valence-electron chi connectivity index (χ1n) is 7.09. The van der Waals surface area contributed by atoms with Crippen LogP contribution in [-0.4, -0.2) is 21.8 Å². The molecule has 0 saturated heterocycles. The van der Waals surface area contributed by atoms with Gasteiger partial charge >= 0.3 is 5.97 Å². The molecule has 1 rings (SSSR count). The molecule has 0 radical (unpaired) electrons. The lowest BCUT2D eigenvalue weighted by Crippen LogP contribution is -2.38. The zero-order valence-corrected chi connectivity index (χ0v) is 12.7. The number of carbonyl (C=O) groups is 1. The summed E-state index contributed by atoms with van der Waals surface area (Å²) in [6.45, 7) is 7.15. The SMILES string of the molecule is CCCc1cc(O)cc(CCC)c1OC(C)(C)C(=O)O. The molecular weight excluding hydrogens is 256 g/mol. The molecule has 0 aliphatic carbocycles. The molecule has 0 unspecified atom stereocenters. The van der Waals surface area contributed by atoms with Crippen molar-refractivity contribution in [3.05, 3.63) is 23.3 Å². The van der Waals surface area contributed by atoms with Gasteiger partial charge in [-0.2, -0.15) is 0 Å². The Morgan fingerprint density at radius 1 is 1.15 bits per heavy atom. The van der Waals surface area contributed by atoms with Crippen LogP contribution in [0.4, 0.5) is 0 Å². The first kappa shape index (κ1) is 16.3. The van der Waals surface area contributed by atoms with Crippen LogP contribution in [-0.2, 0) is 17.6 Å². The maximum Gasteiger partial charge on any atom is 0.347 e. The average molecular weight is 280 g/mol. The van der Waals surface area contributed by atoms with Crippen molar-refractivity contribution in [1.29, 1.82) is 0 Å². The molecule has 0 fully saturated rings. The van der Waals surface area contributed by atoms with Gasteiger partial charge in [-0.1, -0.05) is 26.7 Å². The predicted molar refractivity (Wildman–Crippen MR) is 78.4 cm³/mol. The van der Waals surface area contributed by atoms with Crippen molar-refractivity contribution in [3.63, 3.8) is 0 Å². The van der Waals surface area contributed by atoms with Crippen LogP contribution < -0.4 is 4.74 Å². The van der Waals surface area contributed by atoms with Gasteiger partial charge < -0.3 is 14.9 Å². The Bertz CT molecular complexity index is 450. The third kappa shape index (κ3) is 3.89. The summed E-state index contributed by atoms with van der Waals surface area (Å²) < 4.78 is 5.78. The summed E-state index contributed by atoms with van der Waals surface area (Å²) in [4.78, 5) is 11.3. The van der Waals surface area contributed by atoms with Crippen molar-refractivity contribution in [3.8, 4) is 11.5 Å². The van der Waals surface area contributed by atoms with Gasteiger partial charge in [-0.25, -0.2) is 4.79 Å². The average Bonchev–Trinajstić information content (AvgIpc) is 2.33. The zero-order valence-electron chi connectivity index (χ0n) is 12.7. The van der Waals surface area contributed by atoms with Gasteiger partial charge in [0.2, 0.25) is 0 Å². The lowest BCUT2D eigenvalue weighted by Gasteiger charge is -2.25. The van der Waals surface area contributed by atoms with Crippen molar-refractivity contribution in [1.82, 2.24) is 0 Å². The lowest BCUT2D eigenvalue weighted by molar-refractivity contribution is -0.152. The molecule has 0 bridgehead atoms. The maximum atomic E-state index is 11.3. The van der Waals surface area contributed by atoms with E-state index in [1.807, 2.05) is 13.8 Å². The second-order valence-electron chi connectivity index (χ2n) is 5.51. The molecule has 20 heavy (non-hydrogen) atoms. The fraction of sp³-hybridized carbons (Fsp3) is 0.562. The van der Waals surface area contributed by atoms with Gasteiger partial charge in [0.1, 0.15) is 11.5 Å². The van der Waals surface area contributed by atoms with Gasteiger partial charge in [-0.15, -0.1) is 0 Å². The Hall–Kier alpha value is -1.71. The Labute approximate surface area is 120 Å². The number of ether oxygens (including phenoxy) is 1. The van der Waals surface area contributed by atoms with Gasteiger partial charge in [0.15, 0.2) is 5.60 Å².